The molecule has 6 nitrogen and oxygen atoms in total. The summed E-state index contributed by atoms with van der Waals surface area (Å²) >= 11 is 0. The summed E-state index contributed by atoms with van der Waals surface area (Å²) < 4.78 is 83.9. The average Bonchev–Trinajstić information content (AvgIpc) is 3.37. The third-order valence-corrected chi connectivity index (χ3v) is 14.6. The summed E-state index contributed by atoms with van der Waals surface area (Å²) in [6, 6.07) is 5.36. The highest BCUT2D eigenvalue weighted by atomic mass is 32.2. The van der Waals surface area contributed by atoms with Crippen LogP contribution < -0.4 is 4.72 Å². The maximum absolute atomic E-state index is 15.0. The van der Waals surface area contributed by atoms with E-state index >= 15 is 13.2 Å². The van der Waals surface area contributed by atoms with Gasteiger partial charge >= 0.3 is 17.9 Å². The van der Waals surface area contributed by atoms with Crippen molar-refractivity contribution in [3.63, 3.8) is 0 Å². The van der Waals surface area contributed by atoms with Crippen molar-refractivity contribution in [2.75, 3.05) is 6.61 Å². The molecule has 0 radical (unpaired) electrons. The SMILES string of the molecule is CCOC(=O)C(NS(=O)(=O)c1ccc(C)cc1)(O[C@@H]1C=C2CCC3C(CC[C@@]4(C)C3CC[C@@H]4[C@H](C)CCCC(C)C)[C@@]2(C)CC1)C(F)(F)F. The zero-order valence-corrected chi connectivity index (χ0v) is 31.3. The quantitative estimate of drug-likeness (QED) is 0.133. The van der Waals surface area contributed by atoms with Crippen LogP contribution in [0.3, 0.4) is 0 Å². The highest BCUT2D eigenvalue weighted by Crippen LogP contribution is 2.68. The van der Waals surface area contributed by atoms with E-state index in [4.69, 9.17) is 9.47 Å². The van der Waals surface area contributed by atoms with Gasteiger partial charge in [-0.1, -0.05) is 83.2 Å². The number of rotatable bonds is 12. The van der Waals surface area contributed by atoms with Crippen LogP contribution in [0.15, 0.2) is 40.8 Å². The Morgan fingerprint density at radius 2 is 1.67 bits per heavy atom. The Morgan fingerprint density at radius 1 is 0.980 bits per heavy atom. The third kappa shape index (κ3) is 7.26. The number of benzene rings is 1. The smallest absolute Gasteiger partial charge is 0.443 e. The number of halogens is 3. The van der Waals surface area contributed by atoms with Gasteiger partial charge in [-0.2, -0.15) is 17.9 Å². The number of alkyl halides is 3. The van der Waals surface area contributed by atoms with Gasteiger partial charge in [-0.15, -0.1) is 0 Å². The first-order valence-corrected chi connectivity index (χ1v) is 20.1. The van der Waals surface area contributed by atoms with E-state index < -0.39 is 38.9 Å². The Labute approximate surface area is 292 Å². The molecule has 4 aliphatic rings. The predicted molar refractivity (Wildman–Crippen MR) is 185 cm³/mol. The number of carbonyl (C=O) groups is 1. The van der Waals surface area contributed by atoms with E-state index in [0.717, 1.165) is 42.2 Å². The van der Waals surface area contributed by atoms with Crippen molar-refractivity contribution >= 4 is 16.0 Å². The van der Waals surface area contributed by atoms with Crippen LogP contribution in [0.2, 0.25) is 0 Å². The molecule has 49 heavy (non-hydrogen) atoms. The van der Waals surface area contributed by atoms with Crippen LogP contribution in [0.1, 0.15) is 118 Å². The molecule has 4 aliphatic carbocycles. The lowest BCUT2D eigenvalue weighted by molar-refractivity contribution is -0.290. The summed E-state index contributed by atoms with van der Waals surface area (Å²) in [5.41, 5.74) is -1.94. The van der Waals surface area contributed by atoms with Gasteiger partial charge in [0.2, 0.25) is 10.0 Å². The van der Waals surface area contributed by atoms with Gasteiger partial charge in [0, 0.05) is 0 Å². The lowest BCUT2D eigenvalue weighted by Crippen LogP contribution is -2.67. The molecule has 0 saturated heterocycles. The third-order valence-electron chi connectivity index (χ3n) is 13.2. The summed E-state index contributed by atoms with van der Waals surface area (Å²) in [6.45, 7) is 14.6. The molecule has 9 atom stereocenters. The van der Waals surface area contributed by atoms with E-state index in [-0.39, 0.29) is 18.4 Å². The zero-order chi connectivity index (χ0) is 36.0. The normalized spacial score (nSPS) is 33.5. The standard InChI is InChI=1S/C39H58F3NO5S/c1-8-47-35(44)38(39(40,41)42,43-49(45,46)30-15-12-26(4)13-16-30)48-29-20-22-36(6)28(24-29)14-17-31-33-19-18-32(27(5)11-9-10-25(2)3)37(33,7)23-21-34(31)36/h12-13,15-16,24-25,27,29,31-34,43H,8-11,14,17-23H2,1-7H3/t27-,29+,31?,32-,33?,34?,36+,37-,38?/m1/s1. The first kappa shape index (κ1) is 38.3. The fourth-order valence-corrected chi connectivity index (χ4v) is 11.8. The number of hydrogen-bond donors (Lipinski definition) is 1. The molecular weight excluding hydrogens is 651 g/mol. The fourth-order valence-electron chi connectivity index (χ4n) is 10.6. The number of nitrogens with one attached hydrogen (secondary N) is 1. The summed E-state index contributed by atoms with van der Waals surface area (Å²) in [7, 11) is -4.83. The van der Waals surface area contributed by atoms with Crippen molar-refractivity contribution in [1.29, 1.82) is 0 Å². The van der Waals surface area contributed by atoms with E-state index in [0.29, 0.717) is 35.5 Å². The number of sulfonamides is 1. The highest BCUT2D eigenvalue weighted by molar-refractivity contribution is 7.89. The van der Waals surface area contributed by atoms with Crippen LogP contribution in [-0.4, -0.2) is 39.0 Å². The van der Waals surface area contributed by atoms with Crippen LogP contribution in [-0.2, 0) is 24.3 Å². The monoisotopic (exact) mass is 709 g/mol. The second kappa shape index (κ2) is 14.3. The molecule has 0 aromatic heterocycles. The molecule has 5 rings (SSSR count). The van der Waals surface area contributed by atoms with Gasteiger partial charge < -0.3 is 9.47 Å². The largest absolute Gasteiger partial charge is 0.463 e. The van der Waals surface area contributed by atoms with Crippen LogP contribution in [0.5, 0.6) is 0 Å². The van der Waals surface area contributed by atoms with E-state index in [1.54, 1.807) is 17.7 Å². The molecule has 1 aromatic carbocycles. The average molecular weight is 710 g/mol. The molecule has 3 fully saturated rings. The van der Waals surface area contributed by atoms with Crippen molar-refractivity contribution in [2.24, 2.45) is 46.3 Å². The van der Waals surface area contributed by atoms with Gasteiger partial charge in [-0.05, 0) is 124 Å². The van der Waals surface area contributed by atoms with Crippen molar-refractivity contribution in [3.05, 3.63) is 41.5 Å². The molecule has 0 aliphatic heterocycles. The first-order chi connectivity index (χ1) is 22.9. The maximum atomic E-state index is 15.0. The van der Waals surface area contributed by atoms with Gasteiger partial charge in [0.05, 0.1) is 17.6 Å². The van der Waals surface area contributed by atoms with Crippen molar-refractivity contribution < 1.29 is 35.9 Å². The fraction of sp³-hybridized carbons (Fsp3) is 0.769. The number of aryl methyl sites for hydroxylation is 1. The van der Waals surface area contributed by atoms with Crippen LogP contribution in [0.4, 0.5) is 13.2 Å². The highest BCUT2D eigenvalue weighted by Gasteiger charge is 2.67. The van der Waals surface area contributed by atoms with Crippen molar-refractivity contribution in [3.8, 4) is 0 Å². The zero-order valence-electron chi connectivity index (χ0n) is 30.5. The molecule has 4 unspecified atom stereocenters. The Hall–Kier alpha value is -1.91. The molecule has 276 valence electrons. The maximum Gasteiger partial charge on any atom is 0.443 e. The molecule has 0 bridgehead atoms. The summed E-state index contributed by atoms with van der Waals surface area (Å²) in [5, 5.41) is 0. The molecule has 3 saturated carbocycles. The van der Waals surface area contributed by atoms with E-state index in [1.807, 2.05) is 0 Å². The number of ether oxygens (including phenoxy) is 2. The molecule has 0 spiro atoms. The number of fused-ring (bicyclic) bond motifs is 5. The van der Waals surface area contributed by atoms with E-state index in [2.05, 4.69) is 34.6 Å². The molecule has 0 heterocycles. The molecule has 1 aromatic rings. The molecule has 1 N–H and O–H groups in total. The summed E-state index contributed by atoms with van der Waals surface area (Å²) in [6.07, 6.45) is 6.52. The second-order valence-electron chi connectivity index (χ2n) is 16.6. The minimum absolute atomic E-state index is 0.169. The minimum atomic E-state index is -5.44. The van der Waals surface area contributed by atoms with Crippen LogP contribution in [0.25, 0.3) is 0 Å². The Bertz CT molecular complexity index is 1480. The summed E-state index contributed by atoms with van der Waals surface area (Å²) in [4.78, 5) is 12.8. The van der Waals surface area contributed by atoms with Crippen LogP contribution >= 0.6 is 0 Å². The van der Waals surface area contributed by atoms with Gasteiger partial charge in [-0.3, -0.25) is 0 Å². The second-order valence-corrected chi connectivity index (χ2v) is 18.3. The first-order valence-electron chi connectivity index (χ1n) is 18.6. The molecule has 0 amide bonds. The topological polar surface area (TPSA) is 81.7 Å². The van der Waals surface area contributed by atoms with Crippen molar-refractivity contribution in [2.45, 2.75) is 142 Å². The Kier molecular flexibility index (Phi) is 11.1. The number of carbonyl (C=O) groups excluding carboxylic acids is 1. The Balaban J connectivity index is 1.38. The molecular formula is C39H58F3NO5S. The molecule has 10 heteroatoms. The lowest BCUT2D eigenvalue weighted by Gasteiger charge is -2.59. The number of hydrogen-bond acceptors (Lipinski definition) is 5. The van der Waals surface area contributed by atoms with Crippen molar-refractivity contribution in [1.82, 2.24) is 4.72 Å². The van der Waals surface area contributed by atoms with E-state index in [9.17, 15) is 13.2 Å². The number of allylic oxidation sites excluding steroid dienone is 1. The van der Waals surface area contributed by atoms with Gasteiger partial charge in [0.1, 0.15) is 0 Å². The minimum Gasteiger partial charge on any atom is -0.463 e. The van der Waals surface area contributed by atoms with Gasteiger partial charge in [-0.25, -0.2) is 13.2 Å². The Morgan fingerprint density at radius 3 is 2.31 bits per heavy atom. The van der Waals surface area contributed by atoms with Crippen LogP contribution in [0, 0.1) is 53.3 Å². The summed E-state index contributed by atoms with van der Waals surface area (Å²) in [5.74, 6) is 2.05. The van der Waals surface area contributed by atoms with Gasteiger partial charge in [0.25, 0.3) is 0 Å². The predicted octanol–water partition coefficient (Wildman–Crippen LogP) is 9.52. The van der Waals surface area contributed by atoms with Gasteiger partial charge in [0.15, 0.2) is 0 Å². The van der Waals surface area contributed by atoms with E-state index in [1.165, 1.54) is 69.7 Å². The number of esters is 1. The lowest BCUT2D eigenvalue weighted by atomic mass is 9.46.